The van der Waals surface area contributed by atoms with Gasteiger partial charge in [0, 0.05) is 21.6 Å². The van der Waals surface area contributed by atoms with Gasteiger partial charge in [-0.15, -0.1) is 23.1 Å². The Balaban J connectivity index is 1.95. The molecule has 0 aliphatic heterocycles. The van der Waals surface area contributed by atoms with E-state index in [1.54, 1.807) is 30.0 Å². The summed E-state index contributed by atoms with van der Waals surface area (Å²) >= 11 is 3.47. The predicted octanol–water partition coefficient (Wildman–Crippen LogP) is 4.20. The molecule has 0 aliphatic rings. The van der Waals surface area contributed by atoms with Crippen molar-refractivity contribution in [2.45, 2.75) is 30.9 Å². The highest BCUT2D eigenvalue weighted by atomic mass is 32.2. The standard InChI is InChI=1S/C14H15NOS2/c1-3-14-15-12(9-18-14)8-17-13-6-4-11(5-7-13)10(2)16/h4-7,9H,3,8H2,1-2H3. The van der Waals surface area contributed by atoms with Crippen LogP contribution < -0.4 is 0 Å². The summed E-state index contributed by atoms with van der Waals surface area (Å²) < 4.78 is 0. The van der Waals surface area contributed by atoms with Crippen LogP contribution >= 0.6 is 23.1 Å². The quantitative estimate of drug-likeness (QED) is 0.606. The van der Waals surface area contributed by atoms with E-state index in [4.69, 9.17) is 0 Å². The van der Waals surface area contributed by atoms with Crippen LogP contribution in [0.1, 0.15) is 34.9 Å². The maximum Gasteiger partial charge on any atom is 0.159 e. The van der Waals surface area contributed by atoms with Crippen molar-refractivity contribution >= 4 is 28.9 Å². The van der Waals surface area contributed by atoms with Gasteiger partial charge in [0.1, 0.15) is 0 Å². The lowest BCUT2D eigenvalue weighted by molar-refractivity contribution is 0.101. The van der Waals surface area contributed by atoms with Crippen molar-refractivity contribution in [3.63, 3.8) is 0 Å². The van der Waals surface area contributed by atoms with Crippen LogP contribution in [0.5, 0.6) is 0 Å². The summed E-state index contributed by atoms with van der Waals surface area (Å²) in [7, 11) is 0. The second-order valence-electron chi connectivity index (χ2n) is 3.96. The lowest BCUT2D eigenvalue weighted by atomic mass is 10.2. The Bertz CT molecular complexity index is 531. The molecule has 0 saturated carbocycles. The van der Waals surface area contributed by atoms with Crippen LogP contribution in [0.2, 0.25) is 0 Å². The summed E-state index contributed by atoms with van der Waals surface area (Å²) in [4.78, 5) is 16.9. The molecule has 0 unspecified atom stereocenters. The molecule has 0 atom stereocenters. The number of hydrogen-bond donors (Lipinski definition) is 0. The lowest BCUT2D eigenvalue weighted by Gasteiger charge is -2.00. The Morgan fingerprint density at radius 2 is 2.06 bits per heavy atom. The SMILES string of the molecule is CCc1nc(CSc2ccc(C(C)=O)cc2)cs1. The molecule has 1 aromatic heterocycles. The van der Waals surface area contributed by atoms with Crippen LogP contribution in [0, 0.1) is 0 Å². The third-order valence-electron chi connectivity index (χ3n) is 2.55. The van der Waals surface area contributed by atoms with Gasteiger partial charge in [-0.1, -0.05) is 19.1 Å². The zero-order valence-corrected chi connectivity index (χ0v) is 12.1. The molecule has 0 N–H and O–H groups in total. The maximum absolute atomic E-state index is 11.2. The summed E-state index contributed by atoms with van der Waals surface area (Å²) in [5.41, 5.74) is 1.90. The van der Waals surface area contributed by atoms with Crippen molar-refractivity contribution in [1.82, 2.24) is 4.98 Å². The molecule has 0 saturated heterocycles. The Hall–Kier alpha value is -1.13. The fraction of sp³-hybridized carbons (Fsp3) is 0.286. The van der Waals surface area contributed by atoms with E-state index >= 15 is 0 Å². The van der Waals surface area contributed by atoms with Crippen LogP contribution in [-0.2, 0) is 12.2 Å². The summed E-state index contributed by atoms with van der Waals surface area (Å²) in [5, 5.41) is 3.31. The molecule has 94 valence electrons. The largest absolute Gasteiger partial charge is 0.295 e. The molecule has 0 fully saturated rings. The van der Waals surface area contributed by atoms with Crippen molar-refractivity contribution in [3.8, 4) is 0 Å². The van der Waals surface area contributed by atoms with E-state index in [9.17, 15) is 4.79 Å². The molecule has 1 aromatic carbocycles. The number of aromatic nitrogens is 1. The first-order valence-electron chi connectivity index (χ1n) is 5.86. The van der Waals surface area contributed by atoms with Crippen molar-refractivity contribution in [3.05, 3.63) is 45.9 Å². The van der Waals surface area contributed by atoms with Crippen LogP contribution in [0.3, 0.4) is 0 Å². The molecule has 1 heterocycles. The highest BCUT2D eigenvalue weighted by Crippen LogP contribution is 2.24. The number of carbonyl (C=O) groups excluding carboxylic acids is 1. The first kappa shape index (κ1) is 13.3. The van der Waals surface area contributed by atoms with Gasteiger partial charge in [-0.05, 0) is 25.5 Å². The molecule has 0 bridgehead atoms. The topological polar surface area (TPSA) is 30.0 Å². The first-order valence-corrected chi connectivity index (χ1v) is 7.72. The Morgan fingerprint density at radius 3 is 2.61 bits per heavy atom. The molecule has 2 nitrogen and oxygen atoms in total. The average Bonchev–Trinajstić information content (AvgIpc) is 2.85. The number of Topliss-reactive ketones (excluding diaryl/α,β-unsaturated/α-hetero) is 1. The molecule has 18 heavy (non-hydrogen) atoms. The zero-order chi connectivity index (χ0) is 13.0. The Morgan fingerprint density at radius 1 is 1.33 bits per heavy atom. The summed E-state index contributed by atoms with van der Waals surface area (Å²) in [5.74, 6) is 0.995. The van der Waals surface area contributed by atoms with E-state index in [1.165, 1.54) is 9.90 Å². The van der Waals surface area contributed by atoms with Crippen molar-refractivity contribution in [2.75, 3.05) is 0 Å². The number of carbonyl (C=O) groups is 1. The van der Waals surface area contributed by atoms with Gasteiger partial charge < -0.3 is 0 Å². The minimum Gasteiger partial charge on any atom is -0.295 e. The summed E-state index contributed by atoms with van der Waals surface area (Å²) in [6.07, 6.45) is 1.00. The first-order chi connectivity index (χ1) is 8.69. The van der Waals surface area contributed by atoms with E-state index in [-0.39, 0.29) is 5.78 Å². The fourth-order valence-corrected chi connectivity index (χ4v) is 3.16. The molecule has 0 aliphatic carbocycles. The lowest BCUT2D eigenvalue weighted by Crippen LogP contribution is -1.90. The van der Waals surface area contributed by atoms with E-state index in [0.29, 0.717) is 0 Å². The van der Waals surface area contributed by atoms with Crippen molar-refractivity contribution in [2.24, 2.45) is 0 Å². The van der Waals surface area contributed by atoms with E-state index < -0.39 is 0 Å². The van der Waals surface area contributed by atoms with Gasteiger partial charge in [-0.25, -0.2) is 4.98 Å². The Kier molecular flexibility index (Phi) is 4.55. The normalized spacial score (nSPS) is 10.6. The van der Waals surface area contributed by atoms with Gasteiger partial charge >= 0.3 is 0 Å². The van der Waals surface area contributed by atoms with E-state index in [1.807, 2.05) is 24.3 Å². The number of thioether (sulfide) groups is 1. The number of ketones is 1. The third-order valence-corrected chi connectivity index (χ3v) is 4.64. The van der Waals surface area contributed by atoms with Gasteiger partial charge in [0.2, 0.25) is 0 Å². The van der Waals surface area contributed by atoms with Gasteiger partial charge in [-0.2, -0.15) is 0 Å². The minimum atomic E-state index is 0.110. The fourth-order valence-electron chi connectivity index (χ4n) is 1.52. The number of rotatable bonds is 5. The maximum atomic E-state index is 11.2. The van der Waals surface area contributed by atoms with Crippen LogP contribution in [0.25, 0.3) is 0 Å². The molecule has 0 amide bonds. The molecule has 2 rings (SSSR count). The van der Waals surface area contributed by atoms with Gasteiger partial charge in [0.15, 0.2) is 5.78 Å². The van der Waals surface area contributed by atoms with E-state index in [0.717, 1.165) is 23.4 Å². The highest BCUT2D eigenvalue weighted by Gasteiger charge is 2.03. The summed E-state index contributed by atoms with van der Waals surface area (Å²) in [6.45, 7) is 3.71. The molecule has 0 radical (unpaired) electrons. The summed E-state index contributed by atoms with van der Waals surface area (Å²) in [6, 6.07) is 7.75. The molecule has 4 heteroatoms. The van der Waals surface area contributed by atoms with Gasteiger partial charge in [0.25, 0.3) is 0 Å². The van der Waals surface area contributed by atoms with Gasteiger partial charge in [0.05, 0.1) is 10.7 Å². The average molecular weight is 277 g/mol. The van der Waals surface area contributed by atoms with Crippen molar-refractivity contribution < 1.29 is 4.79 Å². The zero-order valence-electron chi connectivity index (χ0n) is 10.5. The smallest absolute Gasteiger partial charge is 0.159 e. The number of nitrogens with zero attached hydrogens (tertiary/aromatic N) is 1. The second-order valence-corrected chi connectivity index (χ2v) is 5.95. The Labute approximate surface area is 115 Å². The molecular weight excluding hydrogens is 262 g/mol. The number of hydrogen-bond acceptors (Lipinski definition) is 4. The monoisotopic (exact) mass is 277 g/mol. The minimum absolute atomic E-state index is 0.110. The number of benzene rings is 1. The highest BCUT2D eigenvalue weighted by molar-refractivity contribution is 7.98. The van der Waals surface area contributed by atoms with Crippen LogP contribution in [-0.4, -0.2) is 10.8 Å². The number of thiazole rings is 1. The van der Waals surface area contributed by atoms with Crippen molar-refractivity contribution in [1.29, 1.82) is 0 Å². The second kappa shape index (κ2) is 6.16. The number of aryl methyl sites for hydroxylation is 1. The van der Waals surface area contributed by atoms with E-state index in [2.05, 4.69) is 17.3 Å². The molecular formula is C14H15NOS2. The third kappa shape index (κ3) is 3.43. The molecule has 0 spiro atoms. The predicted molar refractivity (Wildman–Crippen MR) is 77.5 cm³/mol. The van der Waals surface area contributed by atoms with Crippen LogP contribution in [0.15, 0.2) is 34.5 Å². The van der Waals surface area contributed by atoms with Gasteiger partial charge in [-0.3, -0.25) is 4.79 Å². The molecule has 2 aromatic rings. The van der Waals surface area contributed by atoms with Crippen LogP contribution in [0.4, 0.5) is 0 Å².